The summed E-state index contributed by atoms with van der Waals surface area (Å²) in [5.74, 6) is -0.213. The molecule has 28 heavy (non-hydrogen) atoms. The van der Waals surface area contributed by atoms with Gasteiger partial charge in [0.2, 0.25) is 0 Å². The van der Waals surface area contributed by atoms with Crippen LogP contribution in [0.1, 0.15) is 53.1 Å². The van der Waals surface area contributed by atoms with Crippen LogP contribution in [0.3, 0.4) is 0 Å². The molecule has 5 nitrogen and oxygen atoms in total. The number of methoxy groups -OCH3 is 1. The van der Waals surface area contributed by atoms with Crippen molar-refractivity contribution in [3.8, 4) is 0 Å². The molecule has 2 aromatic carbocycles. The van der Waals surface area contributed by atoms with Gasteiger partial charge in [-0.15, -0.1) is 0 Å². The first-order valence-corrected chi connectivity index (χ1v) is 9.62. The van der Waals surface area contributed by atoms with Crippen LogP contribution in [0.15, 0.2) is 42.5 Å². The summed E-state index contributed by atoms with van der Waals surface area (Å²) in [6.07, 6.45) is 3.47. The van der Waals surface area contributed by atoms with E-state index in [4.69, 9.17) is 4.74 Å². The first-order valence-electron chi connectivity index (χ1n) is 9.62. The van der Waals surface area contributed by atoms with E-state index >= 15 is 0 Å². The van der Waals surface area contributed by atoms with Gasteiger partial charge in [0.15, 0.2) is 0 Å². The summed E-state index contributed by atoms with van der Waals surface area (Å²) in [5.41, 5.74) is 3.23. The number of halogens is 1. The van der Waals surface area contributed by atoms with E-state index in [-0.39, 0.29) is 29.4 Å². The molecule has 3 aliphatic rings. The molecule has 1 heterocycles. The van der Waals surface area contributed by atoms with Crippen LogP contribution in [-0.2, 0) is 10.3 Å². The maximum Gasteiger partial charge on any atom is 0.414 e. The maximum absolute atomic E-state index is 13.1. The fourth-order valence-electron chi connectivity index (χ4n) is 4.54. The third kappa shape index (κ3) is 2.51. The van der Waals surface area contributed by atoms with Crippen LogP contribution in [0.2, 0.25) is 0 Å². The minimum Gasteiger partial charge on any atom is -0.452 e. The molecule has 2 aromatic rings. The van der Waals surface area contributed by atoms with Crippen molar-refractivity contribution in [2.24, 2.45) is 0 Å². The molecular weight excluding hydrogens is 359 g/mol. The van der Waals surface area contributed by atoms with Gasteiger partial charge < -0.3 is 10.1 Å². The Kier molecular flexibility index (Phi) is 3.73. The fraction of sp³-hybridized carbons (Fsp3) is 0.364. The molecule has 0 radical (unpaired) electrons. The Hall–Kier alpha value is -2.89. The Balaban J connectivity index is 1.42. The van der Waals surface area contributed by atoms with Crippen LogP contribution in [0.5, 0.6) is 0 Å². The molecule has 2 saturated carbocycles. The van der Waals surface area contributed by atoms with Gasteiger partial charge in [-0.1, -0.05) is 12.1 Å². The predicted octanol–water partition coefficient (Wildman–Crippen LogP) is 4.08. The van der Waals surface area contributed by atoms with Crippen molar-refractivity contribution < 1.29 is 18.7 Å². The molecule has 0 bridgehead atoms. The van der Waals surface area contributed by atoms with Gasteiger partial charge >= 0.3 is 6.09 Å². The van der Waals surface area contributed by atoms with Crippen molar-refractivity contribution in [1.29, 1.82) is 0 Å². The van der Waals surface area contributed by atoms with Gasteiger partial charge in [0.05, 0.1) is 18.3 Å². The second-order valence-electron chi connectivity index (χ2n) is 7.91. The highest BCUT2D eigenvalue weighted by Gasteiger charge is 2.50. The molecule has 5 rings (SSSR count). The molecule has 0 saturated heterocycles. The van der Waals surface area contributed by atoms with Gasteiger partial charge in [0.1, 0.15) is 5.82 Å². The van der Waals surface area contributed by atoms with E-state index in [1.165, 1.54) is 36.9 Å². The van der Waals surface area contributed by atoms with Gasteiger partial charge in [-0.05, 0) is 67.1 Å². The SMILES string of the molecule is COC(=O)N1c2ccc(C3(NC(=O)c4ccc(F)cc4)CC3)cc2[C@@H]2CC[C@@H]21. The van der Waals surface area contributed by atoms with E-state index in [0.29, 0.717) is 11.5 Å². The number of hydrogen-bond acceptors (Lipinski definition) is 3. The number of fused-ring (bicyclic) bond motifs is 3. The summed E-state index contributed by atoms with van der Waals surface area (Å²) < 4.78 is 18.1. The minimum absolute atomic E-state index is 0.182. The molecule has 1 N–H and O–H groups in total. The highest BCUT2D eigenvalue weighted by molar-refractivity contribution is 5.95. The van der Waals surface area contributed by atoms with E-state index in [0.717, 1.165) is 36.9 Å². The first kappa shape index (κ1) is 17.2. The zero-order valence-corrected chi connectivity index (χ0v) is 15.6. The molecule has 1 aliphatic heterocycles. The third-order valence-electron chi connectivity index (χ3n) is 6.39. The number of ether oxygens (including phenoxy) is 1. The molecular formula is C22H21FN2O3. The maximum atomic E-state index is 13.1. The topological polar surface area (TPSA) is 58.6 Å². The van der Waals surface area contributed by atoms with Gasteiger partial charge in [-0.25, -0.2) is 9.18 Å². The largest absolute Gasteiger partial charge is 0.452 e. The number of anilines is 1. The van der Waals surface area contributed by atoms with Crippen LogP contribution in [-0.4, -0.2) is 25.2 Å². The predicted molar refractivity (Wildman–Crippen MR) is 102 cm³/mol. The number of hydrogen-bond donors (Lipinski definition) is 1. The average Bonchev–Trinajstić information content (AvgIpc) is 3.41. The lowest BCUT2D eigenvalue weighted by molar-refractivity contribution is 0.0930. The second-order valence-corrected chi connectivity index (χ2v) is 7.91. The molecule has 2 aliphatic carbocycles. The minimum atomic E-state index is -0.377. The van der Waals surface area contributed by atoms with Crippen molar-refractivity contribution in [3.63, 3.8) is 0 Å². The Morgan fingerprint density at radius 1 is 1.14 bits per heavy atom. The average molecular weight is 380 g/mol. The lowest BCUT2D eigenvalue weighted by atomic mass is 9.77. The highest BCUT2D eigenvalue weighted by atomic mass is 19.1. The Labute approximate surface area is 162 Å². The summed E-state index contributed by atoms with van der Waals surface area (Å²) >= 11 is 0. The van der Waals surface area contributed by atoms with Crippen LogP contribution in [0.4, 0.5) is 14.9 Å². The van der Waals surface area contributed by atoms with Crippen LogP contribution in [0, 0.1) is 5.82 Å². The van der Waals surface area contributed by atoms with E-state index in [1.807, 2.05) is 12.1 Å². The number of rotatable bonds is 3. The summed E-state index contributed by atoms with van der Waals surface area (Å²) in [6.45, 7) is 0. The van der Waals surface area contributed by atoms with E-state index in [2.05, 4.69) is 11.4 Å². The zero-order valence-electron chi connectivity index (χ0n) is 15.6. The van der Waals surface area contributed by atoms with Crippen molar-refractivity contribution in [3.05, 3.63) is 65.0 Å². The Morgan fingerprint density at radius 2 is 1.89 bits per heavy atom. The van der Waals surface area contributed by atoms with Crippen molar-refractivity contribution in [2.45, 2.75) is 43.2 Å². The molecule has 0 aromatic heterocycles. The van der Waals surface area contributed by atoms with Gasteiger partial charge in [0, 0.05) is 17.5 Å². The fourth-order valence-corrected chi connectivity index (χ4v) is 4.54. The first-order chi connectivity index (χ1) is 13.5. The molecule has 0 unspecified atom stereocenters. The normalized spacial score (nSPS) is 23.3. The van der Waals surface area contributed by atoms with Gasteiger partial charge in [-0.2, -0.15) is 0 Å². The number of carbonyl (C=O) groups is 2. The second kappa shape index (κ2) is 6.06. The number of amides is 2. The van der Waals surface area contributed by atoms with Crippen molar-refractivity contribution >= 4 is 17.7 Å². The zero-order chi connectivity index (χ0) is 19.5. The van der Waals surface area contributed by atoms with Crippen molar-refractivity contribution in [2.75, 3.05) is 12.0 Å². The molecule has 2 amide bonds. The summed E-state index contributed by atoms with van der Waals surface area (Å²) in [6, 6.07) is 11.9. The summed E-state index contributed by atoms with van der Waals surface area (Å²) in [7, 11) is 1.41. The lowest BCUT2D eigenvalue weighted by Gasteiger charge is -2.35. The van der Waals surface area contributed by atoms with Crippen molar-refractivity contribution in [1.82, 2.24) is 5.32 Å². The van der Waals surface area contributed by atoms with Gasteiger partial charge in [-0.3, -0.25) is 9.69 Å². The molecule has 0 spiro atoms. The van der Waals surface area contributed by atoms with Crippen LogP contribution < -0.4 is 10.2 Å². The highest BCUT2D eigenvalue weighted by Crippen LogP contribution is 2.54. The summed E-state index contributed by atoms with van der Waals surface area (Å²) in [4.78, 5) is 26.6. The molecule has 144 valence electrons. The molecule has 2 atom stereocenters. The van der Waals surface area contributed by atoms with E-state index < -0.39 is 0 Å². The third-order valence-corrected chi connectivity index (χ3v) is 6.39. The van der Waals surface area contributed by atoms with Gasteiger partial charge in [0.25, 0.3) is 5.91 Å². The quantitative estimate of drug-likeness (QED) is 0.873. The number of nitrogens with zero attached hydrogens (tertiary/aromatic N) is 1. The Bertz CT molecular complexity index is 968. The summed E-state index contributed by atoms with van der Waals surface area (Å²) in [5, 5.41) is 3.13. The monoisotopic (exact) mass is 380 g/mol. The van der Waals surface area contributed by atoms with E-state index in [9.17, 15) is 14.0 Å². The number of benzene rings is 2. The smallest absolute Gasteiger partial charge is 0.414 e. The number of carbonyl (C=O) groups excluding carboxylic acids is 2. The molecule has 2 fully saturated rings. The standard InChI is InChI=1S/C22H21FN2O3/c1-28-21(27)25-18-9-7-16(18)17-12-14(4-8-19(17)25)22(10-11-22)24-20(26)13-2-5-15(23)6-3-13/h2-6,8,12,16,18H,7,9-11H2,1H3,(H,24,26)/t16-,18-/m0/s1. The lowest BCUT2D eigenvalue weighted by Crippen LogP contribution is -2.43. The number of nitrogens with one attached hydrogen (secondary N) is 1. The Morgan fingerprint density at radius 3 is 2.50 bits per heavy atom. The molecule has 6 heteroatoms. The van der Waals surface area contributed by atoms with Crippen LogP contribution >= 0.6 is 0 Å². The van der Waals surface area contributed by atoms with Crippen LogP contribution in [0.25, 0.3) is 0 Å². The van der Waals surface area contributed by atoms with E-state index in [1.54, 1.807) is 4.90 Å².